The third-order valence-corrected chi connectivity index (χ3v) is 4.74. The molecule has 0 aliphatic carbocycles. The van der Waals surface area contributed by atoms with Crippen molar-refractivity contribution in [3.8, 4) is 11.6 Å². The molecule has 0 spiro atoms. The van der Waals surface area contributed by atoms with Crippen LogP contribution >= 0.6 is 0 Å². The molecule has 1 fully saturated rings. The fraction of sp³-hybridized carbons (Fsp3) is 0.263. The largest absolute Gasteiger partial charge is 0.478 e. The van der Waals surface area contributed by atoms with E-state index in [1.807, 2.05) is 13.0 Å². The standard InChI is InChI=1S/C19H19N7O3/c1-3-29-16-9-13(7-8-20-16)11-25-17(27)19(2,22-18(25)28)14-5-4-6-15(10-14)26-12-21-23-24-26/h4-10,12H,3,11H2,1-2H3,(H,22,28). The van der Waals surface area contributed by atoms with Crippen LogP contribution < -0.4 is 10.1 Å². The van der Waals surface area contributed by atoms with E-state index in [1.165, 1.54) is 15.9 Å². The predicted octanol–water partition coefficient (Wildman–Crippen LogP) is 1.42. The van der Waals surface area contributed by atoms with Crippen molar-refractivity contribution in [3.05, 3.63) is 60.0 Å². The Bertz CT molecular complexity index is 1050. The molecule has 29 heavy (non-hydrogen) atoms. The van der Waals surface area contributed by atoms with Gasteiger partial charge in [0.1, 0.15) is 11.9 Å². The Morgan fingerprint density at radius 3 is 2.83 bits per heavy atom. The fourth-order valence-corrected chi connectivity index (χ4v) is 3.23. The van der Waals surface area contributed by atoms with Crippen molar-refractivity contribution in [1.82, 2.24) is 35.4 Å². The summed E-state index contributed by atoms with van der Waals surface area (Å²) in [5.74, 6) is 0.111. The molecule has 0 bridgehead atoms. The summed E-state index contributed by atoms with van der Waals surface area (Å²) in [4.78, 5) is 31.1. The Balaban J connectivity index is 1.60. The number of hydrogen-bond donors (Lipinski definition) is 1. The molecule has 1 N–H and O–H groups in total. The number of imide groups is 1. The molecule has 4 rings (SSSR count). The van der Waals surface area contributed by atoms with Crippen LogP contribution in [0.4, 0.5) is 4.79 Å². The molecular formula is C19H19N7O3. The summed E-state index contributed by atoms with van der Waals surface area (Å²) >= 11 is 0. The molecule has 1 atom stereocenters. The zero-order valence-electron chi connectivity index (χ0n) is 15.9. The lowest BCUT2D eigenvalue weighted by molar-refractivity contribution is -0.131. The maximum absolute atomic E-state index is 13.2. The van der Waals surface area contributed by atoms with Crippen LogP contribution in [0.5, 0.6) is 5.88 Å². The summed E-state index contributed by atoms with van der Waals surface area (Å²) in [5.41, 5.74) is 0.871. The quantitative estimate of drug-likeness (QED) is 0.630. The van der Waals surface area contributed by atoms with Gasteiger partial charge in [0, 0.05) is 12.3 Å². The van der Waals surface area contributed by atoms with Gasteiger partial charge in [-0.1, -0.05) is 12.1 Å². The lowest BCUT2D eigenvalue weighted by Gasteiger charge is -2.23. The Hall–Kier alpha value is -3.82. The first kappa shape index (κ1) is 18.5. The van der Waals surface area contributed by atoms with Crippen LogP contribution in [0.3, 0.4) is 0 Å². The second-order valence-corrected chi connectivity index (χ2v) is 6.69. The number of hydrogen-bond acceptors (Lipinski definition) is 7. The van der Waals surface area contributed by atoms with Crippen LogP contribution in [-0.2, 0) is 16.9 Å². The zero-order valence-corrected chi connectivity index (χ0v) is 15.9. The number of tetrazole rings is 1. The van der Waals surface area contributed by atoms with Crippen LogP contribution in [0, 0.1) is 0 Å². The second-order valence-electron chi connectivity index (χ2n) is 6.69. The maximum atomic E-state index is 13.2. The molecule has 0 saturated carbocycles. The fourth-order valence-electron chi connectivity index (χ4n) is 3.23. The van der Waals surface area contributed by atoms with Crippen molar-refractivity contribution < 1.29 is 14.3 Å². The van der Waals surface area contributed by atoms with E-state index in [0.717, 1.165) is 5.56 Å². The second kappa shape index (κ2) is 7.30. The van der Waals surface area contributed by atoms with Gasteiger partial charge < -0.3 is 10.1 Å². The van der Waals surface area contributed by atoms with Crippen LogP contribution in [0.1, 0.15) is 25.0 Å². The average Bonchev–Trinajstić information content (AvgIpc) is 3.33. The topological polar surface area (TPSA) is 115 Å². The van der Waals surface area contributed by atoms with E-state index in [0.29, 0.717) is 23.7 Å². The minimum atomic E-state index is -1.20. The third kappa shape index (κ3) is 3.40. The first-order valence-corrected chi connectivity index (χ1v) is 9.07. The molecule has 2 aromatic heterocycles. The minimum absolute atomic E-state index is 0.121. The molecular weight excluding hydrogens is 374 g/mol. The van der Waals surface area contributed by atoms with E-state index in [4.69, 9.17) is 4.74 Å². The highest BCUT2D eigenvalue weighted by atomic mass is 16.5. The molecule has 0 radical (unpaired) electrons. The van der Waals surface area contributed by atoms with Crippen molar-refractivity contribution in [1.29, 1.82) is 0 Å². The van der Waals surface area contributed by atoms with Gasteiger partial charge in [0.15, 0.2) is 0 Å². The number of rotatable bonds is 6. The number of nitrogens with one attached hydrogen (secondary N) is 1. The molecule has 1 saturated heterocycles. The van der Waals surface area contributed by atoms with E-state index >= 15 is 0 Å². The van der Waals surface area contributed by atoms with Gasteiger partial charge in [-0.05, 0) is 53.6 Å². The van der Waals surface area contributed by atoms with Gasteiger partial charge in [0.2, 0.25) is 5.88 Å². The Morgan fingerprint density at radius 1 is 1.21 bits per heavy atom. The van der Waals surface area contributed by atoms with E-state index in [2.05, 4.69) is 25.8 Å². The first-order valence-electron chi connectivity index (χ1n) is 9.07. The van der Waals surface area contributed by atoms with Crippen molar-refractivity contribution >= 4 is 11.9 Å². The lowest BCUT2D eigenvalue weighted by Crippen LogP contribution is -2.40. The summed E-state index contributed by atoms with van der Waals surface area (Å²) in [6.45, 7) is 4.15. The molecule has 1 aliphatic rings. The Kier molecular flexibility index (Phi) is 4.67. The molecule has 1 aliphatic heterocycles. The van der Waals surface area contributed by atoms with Gasteiger partial charge in [-0.3, -0.25) is 9.69 Å². The monoisotopic (exact) mass is 393 g/mol. The van der Waals surface area contributed by atoms with E-state index in [1.54, 1.807) is 43.5 Å². The Morgan fingerprint density at radius 2 is 2.07 bits per heavy atom. The number of benzene rings is 1. The van der Waals surface area contributed by atoms with Crippen molar-refractivity contribution in [2.75, 3.05) is 6.61 Å². The third-order valence-electron chi connectivity index (χ3n) is 4.74. The van der Waals surface area contributed by atoms with Gasteiger partial charge in [0.05, 0.1) is 18.8 Å². The van der Waals surface area contributed by atoms with Gasteiger partial charge in [-0.25, -0.2) is 14.5 Å². The molecule has 148 valence electrons. The van der Waals surface area contributed by atoms with Gasteiger partial charge in [0.25, 0.3) is 5.91 Å². The average molecular weight is 393 g/mol. The highest BCUT2D eigenvalue weighted by Gasteiger charge is 2.49. The molecule has 3 heterocycles. The smallest absolute Gasteiger partial charge is 0.325 e. The molecule has 1 unspecified atom stereocenters. The van der Waals surface area contributed by atoms with Crippen molar-refractivity contribution in [3.63, 3.8) is 0 Å². The maximum Gasteiger partial charge on any atom is 0.325 e. The number of carbonyl (C=O) groups is 2. The summed E-state index contributed by atoms with van der Waals surface area (Å²) in [6.07, 6.45) is 3.05. The minimum Gasteiger partial charge on any atom is -0.478 e. The lowest BCUT2D eigenvalue weighted by atomic mass is 9.91. The van der Waals surface area contributed by atoms with E-state index in [-0.39, 0.29) is 12.5 Å². The highest BCUT2D eigenvalue weighted by molar-refractivity contribution is 6.07. The molecule has 3 amide bonds. The summed E-state index contributed by atoms with van der Waals surface area (Å²) in [5, 5.41) is 13.9. The van der Waals surface area contributed by atoms with Crippen LogP contribution in [0.15, 0.2) is 48.9 Å². The van der Waals surface area contributed by atoms with Crippen LogP contribution in [-0.4, -0.2) is 48.6 Å². The molecule has 1 aromatic carbocycles. The van der Waals surface area contributed by atoms with Gasteiger partial charge in [-0.15, -0.1) is 5.10 Å². The van der Waals surface area contributed by atoms with Gasteiger partial charge >= 0.3 is 6.03 Å². The normalized spacial score (nSPS) is 18.8. The predicted molar refractivity (Wildman–Crippen MR) is 101 cm³/mol. The summed E-state index contributed by atoms with van der Waals surface area (Å²) in [7, 11) is 0. The number of nitrogens with zero attached hydrogens (tertiary/aromatic N) is 6. The number of carbonyl (C=O) groups excluding carboxylic acids is 2. The van der Waals surface area contributed by atoms with Crippen LogP contribution in [0.25, 0.3) is 5.69 Å². The zero-order chi connectivity index (χ0) is 20.4. The summed E-state index contributed by atoms with van der Waals surface area (Å²) < 4.78 is 6.87. The number of amides is 3. The first-order chi connectivity index (χ1) is 14.0. The number of aromatic nitrogens is 5. The summed E-state index contributed by atoms with van der Waals surface area (Å²) in [6, 6.07) is 10.2. The van der Waals surface area contributed by atoms with Crippen LogP contribution in [0.2, 0.25) is 0 Å². The van der Waals surface area contributed by atoms with Gasteiger partial charge in [-0.2, -0.15) is 0 Å². The SMILES string of the molecule is CCOc1cc(CN2C(=O)NC(C)(c3cccc(-n4cnnn4)c3)C2=O)ccn1. The number of urea groups is 1. The highest BCUT2D eigenvalue weighted by Crippen LogP contribution is 2.31. The number of pyridine rings is 1. The Labute approximate surface area is 166 Å². The number of ether oxygens (including phenoxy) is 1. The molecule has 3 aromatic rings. The van der Waals surface area contributed by atoms with E-state index in [9.17, 15) is 9.59 Å². The molecule has 10 heteroatoms. The van der Waals surface area contributed by atoms with Crippen molar-refractivity contribution in [2.45, 2.75) is 25.9 Å². The van der Waals surface area contributed by atoms with Crippen molar-refractivity contribution in [2.24, 2.45) is 0 Å². The van der Waals surface area contributed by atoms with E-state index < -0.39 is 11.6 Å². The molecule has 10 nitrogen and oxygen atoms in total.